The number of Topliss-reactive ketones (excluding diaryl/α,β-unsaturated/α-hetero) is 1. The second-order valence-corrected chi connectivity index (χ2v) is 4.19. The van der Waals surface area contributed by atoms with Gasteiger partial charge in [0.05, 0.1) is 0 Å². The average molecular weight is 150 g/mol. The molecule has 0 N–H and O–H groups in total. The largest absolute Gasteiger partial charge is 0.299 e. The summed E-state index contributed by atoms with van der Waals surface area (Å²) in [6.07, 6.45) is 2.99. The maximum atomic E-state index is 11.3. The van der Waals surface area contributed by atoms with E-state index in [4.69, 9.17) is 0 Å². The van der Waals surface area contributed by atoms with Gasteiger partial charge < -0.3 is 0 Å². The smallest absolute Gasteiger partial charge is 0.143 e. The van der Waals surface area contributed by atoms with Crippen molar-refractivity contribution < 1.29 is 4.79 Å². The molecule has 11 heavy (non-hydrogen) atoms. The first-order chi connectivity index (χ1) is 5.05. The SMILES string of the molecule is CC1=CC2(C)C(=O)CC2C1C. The molecule has 0 aromatic rings. The predicted octanol–water partition coefficient (Wildman–Crippen LogP) is 2.18. The fourth-order valence-corrected chi connectivity index (χ4v) is 2.51. The van der Waals surface area contributed by atoms with E-state index in [1.165, 1.54) is 5.57 Å². The maximum absolute atomic E-state index is 11.3. The minimum Gasteiger partial charge on any atom is -0.299 e. The van der Waals surface area contributed by atoms with Crippen LogP contribution in [0.1, 0.15) is 27.2 Å². The fraction of sp³-hybridized carbons (Fsp3) is 0.700. The van der Waals surface area contributed by atoms with E-state index in [2.05, 4.69) is 26.8 Å². The number of rotatable bonds is 0. The fourth-order valence-electron chi connectivity index (χ4n) is 2.51. The number of allylic oxidation sites excluding steroid dienone is 2. The molecule has 1 nitrogen and oxygen atoms in total. The Labute approximate surface area is 67.5 Å². The van der Waals surface area contributed by atoms with Gasteiger partial charge in [0.2, 0.25) is 0 Å². The zero-order chi connectivity index (χ0) is 8.22. The van der Waals surface area contributed by atoms with Crippen LogP contribution in [0.2, 0.25) is 0 Å². The summed E-state index contributed by atoms with van der Waals surface area (Å²) in [4.78, 5) is 11.3. The van der Waals surface area contributed by atoms with Gasteiger partial charge in [0, 0.05) is 11.8 Å². The van der Waals surface area contributed by atoms with Crippen LogP contribution in [0.3, 0.4) is 0 Å². The summed E-state index contributed by atoms with van der Waals surface area (Å²) in [5.41, 5.74) is 1.34. The Morgan fingerprint density at radius 1 is 1.64 bits per heavy atom. The molecule has 0 aromatic carbocycles. The highest BCUT2D eigenvalue weighted by molar-refractivity contribution is 5.94. The Morgan fingerprint density at radius 2 is 2.27 bits per heavy atom. The minimum absolute atomic E-state index is 0.0660. The van der Waals surface area contributed by atoms with Crippen molar-refractivity contribution in [3.8, 4) is 0 Å². The second kappa shape index (κ2) is 1.77. The third kappa shape index (κ3) is 0.640. The standard InChI is InChI=1S/C10H14O/c1-6-5-10(3)8(7(6)2)4-9(10)11/h5,7-8H,4H2,1-3H3. The van der Waals surface area contributed by atoms with Crippen LogP contribution in [0.5, 0.6) is 0 Å². The van der Waals surface area contributed by atoms with Crippen LogP contribution in [0.4, 0.5) is 0 Å². The van der Waals surface area contributed by atoms with Crippen molar-refractivity contribution in [2.75, 3.05) is 0 Å². The van der Waals surface area contributed by atoms with Gasteiger partial charge >= 0.3 is 0 Å². The van der Waals surface area contributed by atoms with E-state index in [-0.39, 0.29) is 5.41 Å². The van der Waals surface area contributed by atoms with Crippen LogP contribution in [0.25, 0.3) is 0 Å². The molecule has 0 radical (unpaired) electrons. The van der Waals surface area contributed by atoms with Crippen molar-refractivity contribution in [3.63, 3.8) is 0 Å². The van der Waals surface area contributed by atoms with Crippen LogP contribution in [0, 0.1) is 17.3 Å². The average Bonchev–Trinajstić information content (AvgIpc) is 2.12. The summed E-state index contributed by atoms with van der Waals surface area (Å²) in [6.45, 7) is 6.45. The highest BCUT2D eigenvalue weighted by Crippen LogP contribution is 2.55. The van der Waals surface area contributed by atoms with Crippen molar-refractivity contribution in [2.45, 2.75) is 27.2 Å². The molecule has 0 amide bonds. The number of hydrogen-bond donors (Lipinski definition) is 0. The van der Waals surface area contributed by atoms with Crippen molar-refractivity contribution in [1.29, 1.82) is 0 Å². The van der Waals surface area contributed by atoms with E-state index in [0.29, 0.717) is 17.6 Å². The number of carbonyl (C=O) groups is 1. The van der Waals surface area contributed by atoms with Crippen LogP contribution >= 0.6 is 0 Å². The Kier molecular flexibility index (Phi) is 1.14. The molecule has 0 spiro atoms. The maximum Gasteiger partial charge on any atom is 0.143 e. The quantitative estimate of drug-likeness (QED) is 0.484. The Hall–Kier alpha value is -0.590. The van der Waals surface area contributed by atoms with Gasteiger partial charge in [-0.2, -0.15) is 0 Å². The highest BCUT2D eigenvalue weighted by Gasteiger charge is 2.55. The Bertz CT molecular complexity index is 252. The lowest BCUT2D eigenvalue weighted by atomic mass is 9.60. The van der Waals surface area contributed by atoms with E-state index in [1.54, 1.807) is 0 Å². The van der Waals surface area contributed by atoms with Crippen molar-refractivity contribution in [2.24, 2.45) is 17.3 Å². The van der Waals surface area contributed by atoms with Gasteiger partial charge in [-0.25, -0.2) is 0 Å². The molecular weight excluding hydrogens is 136 g/mol. The monoisotopic (exact) mass is 150 g/mol. The summed E-state index contributed by atoms with van der Waals surface area (Å²) in [5, 5.41) is 0. The van der Waals surface area contributed by atoms with Gasteiger partial charge in [0.1, 0.15) is 5.78 Å². The van der Waals surface area contributed by atoms with E-state index in [9.17, 15) is 4.79 Å². The molecular formula is C10H14O. The van der Waals surface area contributed by atoms with Crippen LogP contribution < -0.4 is 0 Å². The van der Waals surface area contributed by atoms with Crippen molar-refractivity contribution in [1.82, 2.24) is 0 Å². The lowest BCUT2D eigenvalue weighted by Gasteiger charge is -2.41. The number of hydrogen-bond acceptors (Lipinski definition) is 1. The first kappa shape index (κ1) is 7.08. The molecule has 2 rings (SSSR count). The summed E-state index contributed by atoms with van der Waals surface area (Å²) in [6, 6.07) is 0. The highest BCUT2D eigenvalue weighted by atomic mass is 16.1. The molecule has 0 heterocycles. The van der Waals surface area contributed by atoms with Crippen LogP contribution in [-0.4, -0.2) is 5.78 Å². The van der Waals surface area contributed by atoms with E-state index >= 15 is 0 Å². The van der Waals surface area contributed by atoms with Gasteiger partial charge in [-0.05, 0) is 25.7 Å². The first-order valence-corrected chi connectivity index (χ1v) is 4.28. The molecule has 0 aromatic heterocycles. The van der Waals surface area contributed by atoms with Crippen molar-refractivity contribution in [3.05, 3.63) is 11.6 Å². The summed E-state index contributed by atoms with van der Waals surface area (Å²) in [7, 11) is 0. The predicted molar refractivity (Wildman–Crippen MR) is 44.1 cm³/mol. The van der Waals surface area contributed by atoms with Crippen LogP contribution in [-0.2, 0) is 4.79 Å². The van der Waals surface area contributed by atoms with E-state index in [1.807, 2.05) is 0 Å². The van der Waals surface area contributed by atoms with Crippen LogP contribution in [0.15, 0.2) is 11.6 Å². The Morgan fingerprint density at radius 3 is 2.64 bits per heavy atom. The lowest BCUT2D eigenvalue weighted by Crippen LogP contribution is -2.45. The van der Waals surface area contributed by atoms with Gasteiger partial charge in [-0.3, -0.25) is 4.79 Å². The molecule has 0 aliphatic heterocycles. The molecule has 1 saturated carbocycles. The van der Waals surface area contributed by atoms with Gasteiger partial charge in [-0.15, -0.1) is 0 Å². The molecule has 3 unspecified atom stereocenters. The first-order valence-electron chi connectivity index (χ1n) is 4.28. The Balaban J connectivity index is 2.37. The normalized spacial score (nSPS) is 48.3. The topological polar surface area (TPSA) is 17.1 Å². The van der Waals surface area contributed by atoms with Crippen molar-refractivity contribution >= 4 is 5.78 Å². The van der Waals surface area contributed by atoms with Gasteiger partial charge in [0.15, 0.2) is 0 Å². The molecule has 0 saturated heterocycles. The molecule has 1 heteroatoms. The second-order valence-electron chi connectivity index (χ2n) is 4.19. The number of fused-ring (bicyclic) bond motifs is 1. The summed E-state index contributed by atoms with van der Waals surface area (Å²) >= 11 is 0. The summed E-state index contributed by atoms with van der Waals surface area (Å²) < 4.78 is 0. The zero-order valence-corrected chi connectivity index (χ0v) is 7.35. The summed E-state index contributed by atoms with van der Waals surface area (Å²) in [5.74, 6) is 1.69. The van der Waals surface area contributed by atoms with Gasteiger partial charge in [0.25, 0.3) is 0 Å². The van der Waals surface area contributed by atoms with Gasteiger partial charge in [-0.1, -0.05) is 18.6 Å². The molecule has 2 aliphatic carbocycles. The molecule has 0 bridgehead atoms. The number of carbonyl (C=O) groups excluding carboxylic acids is 1. The molecule has 1 fully saturated rings. The van der Waals surface area contributed by atoms with E-state index in [0.717, 1.165) is 6.42 Å². The molecule has 60 valence electrons. The third-order valence-corrected chi connectivity index (χ3v) is 3.63. The lowest BCUT2D eigenvalue weighted by molar-refractivity contribution is -0.140. The molecule has 3 atom stereocenters. The number of ketones is 1. The molecule has 2 aliphatic rings. The third-order valence-electron chi connectivity index (χ3n) is 3.63. The minimum atomic E-state index is -0.0660. The van der Waals surface area contributed by atoms with E-state index < -0.39 is 0 Å². The zero-order valence-electron chi connectivity index (χ0n) is 7.35.